The molecular weight excluding hydrogens is 349 g/mol. The summed E-state index contributed by atoms with van der Waals surface area (Å²) in [6.45, 7) is -1.70. The van der Waals surface area contributed by atoms with E-state index in [0.717, 1.165) is 19.3 Å². The lowest BCUT2D eigenvalue weighted by Gasteiger charge is -2.36. The predicted molar refractivity (Wildman–Crippen MR) is 77.7 cm³/mol. The minimum atomic E-state index is -4.62. The molecule has 140 valence electrons. The molecule has 1 amide bonds. The molecule has 0 aliphatic heterocycles. The predicted octanol–water partition coefficient (Wildman–Crippen LogP) is 4.31. The summed E-state index contributed by atoms with van der Waals surface area (Å²) in [5.74, 6) is -2.82. The number of alkyl halides is 5. The SMILES string of the molecule is Cn1nc(C2CC(F)(F)C2)c(C2CCC2)c1NC(=O)OCC(F)(F)F. The minimum Gasteiger partial charge on any atom is -0.440 e. The van der Waals surface area contributed by atoms with Crippen LogP contribution in [0.5, 0.6) is 0 Å². The molecule has 5 nitrogen and oxygen atoms in total. The minimum absolute atomic E-state index is 0.0656. The van der Waals surface area contributed by atoms with E-state index in [9.17, 15) is 26.7 Å². The molecule has 0 spiro atoms. The zero-order valence-corrected chi connectivity index (χ0v) is 13.5. The van der Waals surface area contributed by atoms with Crippen LogP contribution in [0.25, 0.3) is 0 Å². The molecule has 1 aromatic heterocycles. The summed E-state index contributed by atoms with van der Waals surface area (Å²) in [6, 6.07) is 0. The number of rotatable bonds is 4. The summed E-state index contributed by atoms with van der Waals surface area (Å²) >= 11 is 0. The fourth-order valence-corrected chi connectivity index (χ4v) is 3.24. The summed E-state index contributed by atoms with van der Waals surface area (Å²) < 4.78 is 68.3. The Kier molecular flexibility index (Phi) is 4.40. The highest BCUT2D eigenvalue weighted by Crippen LogP contribution is 2.52. The van der Waals surface area contributed by atoms with E-state index in [2.05, 4.69) is 15.2 Å². The fraction of sp³-hybridized carbons (Fsp3) is 0.733. The first-order chi connectivity index (χ1) is 11.6. The molecule has 2 saturated carbocycles. The van der Waals surface area contributed by atoms with Gasteiger partial charge in [-0.2, -0.15) is 18.3 Å². The largest absolute Gasteiger partial charge is 0.440 e. The third kappa shape index (κ3) is 3.87. The number of amides is 1. The van der Waals surface area contributed by atoms with Crippen molar-refractivity contribution in [2.75, 3.05) is 11.9 Å². The average molecular weight is 367 g/mol. The number of nitrogens with zero attached hydrogens (tertiary/aromatic N) is 2. The van der Waals surface area contributed by atoms with Gasteiger partial charge in [0.25, 0.3) is 0 Å². The van der Waals surface area contributed by atoms with Crippen LogP contribution >= 0.6 is 0 Å². The summed E-state index contributed by atoms with van der Waals surface area (Å²) in [4.78, 5) is 11.7. The van der Waals surface area contributed by atoms with Gasteiger partial charge in [0, 0.05) is 31.4 Å². The van der Waals surface area contributed by atoms with E-state index in [4.69, 9.17) is 0 Å². The van der Waals surface area contributed by atoms with E-state index in [1.807, 2.05) is 0 Å². The zero-order valence-electron chi connectivity index (χ0n) is 13.5. The van der Waals surface area contributed by atoms with Crippen LogP contribution in [0.15, 0.2) is 0 Å². The van der Waals surface area contributed by atoms with Crippen LogP contribution in [-0.2, 0) is 11.8 Å². The molecule has 0 atom stereocenters. The van der Waals surface area contributed by atoms with Gasteiger partial charge in [-0.1, -0.05) is 6.42 Å². The standard InChI is InChI=1S/C15H18F5N3O2/c1-23-12(21-13(24)25-7-15(18,19)20)10(8-3-2-4-8)11(22-23)9-5-14(16,17)6-9/h8-9H,2-7H2,1H3,(H,21,24). The Morgan fingerprint density at radius 2 is 1.96 bits per heavy atom. The van der Waals surface area contributed by atoms with Gasteiger partial charge in [-0.05, 0) is 18.8 Å². The Hall–Kier alpha value is -1.87. The van der Waals surface area contributed by atoms with Crippen LogP contribution in [0.3, 0.4) is 0 Å². The molecular formula is C15H18F5N3O2. The van der Waals surface area contributed by atoms with Crippen molar-refractivity contribution in [1.29, 1.82) is 0 Å². The highest BCUT2D eigenvalue weighted by atomic mass is 19.4. The maximum absolute atomic E-state index is 13.2. The smallest absolute Gasteiger partial charge is 0.422 e. The zero-order chi connectivity index (χ0) is 18.4. The summed E-state index contributed by atoms with van der Waals surface area (Å²) in [6.07, 6.45) is -3.85. The molecule has 0 saturated heterocycles. The normalized spacial score (nSPS) is 20.7. The van der Waals surface area contributed by atoms with Crippen LogP contribution in [0, 0.1) is 0 Å². The Morgan fingerprint density at radius 1 is 1.32 bits per heavy atom. The van der Waals surface area contributed by atoms with Crippen molar-refractivity contribution in [3.8, 4) is 0 Å². The van der Waals surface area contributed by atoms with Crippen molar-refractivity contribution in [1.82, 2.24) is 9.78 Å². The van der Waals surface area contributed by atoms with Gasteiger partial charge in [0.2, 0.25) is 5.92 Å². The van der Waals surface area contributed by atoms with E-state index in [0.29, 0.717) is 11.3 Å². The number of ether oxygens (including phenoxy) is 1. The first kappa shape index (κ1) is 17.9. The number of aromatic nitrogens is 2. The van der Waals surface area contributed by atoms with Gasteiger partial charge in [-0.3, -0.25) is 10.00 Å². The molecule has 0 bridgehead atoms. The van der Waals surface area contributed by atoms with Crippen LogP contribution in [0.2, 0.25) is 0 Å². The van der Waals surface area contributed by atoms with Gasteiger partial charge < -0.3 is 4.74 Å². The molecule has 3 rings (SSSR count). The number of nitrogens with one attached hydrogen (secondary N) is 1. The topological polar surface area (TPSA) is 56.2 Å². The highest BCUT2D eigenvalue weighted by molar-refractivity contribution is 5.85. The highest BCUT2D eigenvalue weighted by Gasteiger charge is 2.49. The summed E-state index contributed by atoms with van der Waals surface area (Å²) in [5, 5.41) is 6.55. The number of hydrogen-bond acceptors (Lipinski definition) is 3. The third-order valence-corrected chi connectivity index (χ3v) is 4.69. The molecule has 2 aliphatic carbocycles. The van der Waals surface area contributed by atoms with E-state index < -0.39 is 30.7 Å². The van der Waals surface area contributed by atoms with Crippen LogP contribution in [-0.4, -0.2) is 34.6 Å². The quantitative estimate of drug-likeness (QED) is 0.807. The Bertz CT molecular complexity index is 659. The lowest BCUT2D eigenvalue weighted by molar-refractivity contribution is -0.159. The van der Waals surface area contributed by atoms with Crippen LogP contribution < -0.4 is 5.32 Å². The number of carbonyl (C=O) groups is 1. The second-order valence-corrected chi connectivity index (χ2v) is 6.68. The number of anilines is 1. The Labute approximate surface area is 140 Å². The van der Waals surface area contributed by atoms with Gasteiger partial charge >= 0.3 is 12.3 Å². The third-order valence-electron chi connectivity index (χ3n) is 4.69. The molecule has 0 radical (unpaired) electrons. The monoisotopic (exact) mass is 367 g/mol. The average Bonchev–Trinajstić information content (AvgIpc) is 2.69. The Morgan fingerprint density at radius 3 is 2.44 bits per heavy atom. The van der Waals surface area contributed by atoms with E-state index >= 15 is 0 Å². The molecule has 10 heteroatoms. The van der Waals surface area contributed by atoms with E-state index in [1.54, 1.807) is 0 Å². The van der Waals surface area contributed by atoms with Gasteiger partial charge in [0.1, 0.15) is 5.82 Å². The van der Waals surface area contributed by atoms with Crippen molar-refractivity contribution in [2.24, 2.45) is 7.05 Å². The lowest BCUT2D eigenvalue weighted by Crippen LogP contribution is -2.34. The van der Waals surface area contributed by atoms with Crippen molar-refractivity contribution in [3.63, 3.8) is 0 Å². The van der Waals surface area contributed by atoms with Gasteiger partial charge in [-0.15, -0.1) is 0 Å². The van der Waals surface area contributed by atoms with Gasteiger partial charge in [0.15, 0.2) is 6.61 Å². The molecule has 2 fully saturated rings. The van der Waals surface area contributed by atoms with Crippen molar-refractivity contribution < 1.29 is 31.5 Å². The van der Waals surface area contributed by atoms with Crippen molar-refractivity contribution in [3.05, 3.63) is 11.3 Å². The fourth-order valence-electron chi connectivity index (χ4n) is 3.24. The molecule has 0 aromatic carbocycles. The second kappa shape index (κ2) is 6.14. The van der Waals surface area contributed by atoms with Gasteiger partial charge in [-0.25, -0.2) is 13.6 Å². The van der Waals surface area contributed by atoms with Crippen LogP contribution in [0.4, 0.5) is 32.6 Å². The molecule has 1 heterocycles. The second-order valence-electron chi connectivity index (χ2n) is 6.68. The van der Waals surface area contributed by atoms with Crippen molar-refractivity contribution >= 4 is 11.9 Å². The molecule has 2 aliphatic rings. The maximum atomic E-state index is 13.2. The number of carbonyl (C=O) groups excluding carboxylic acids is 1. The maximum Gasteiger partial charge on any atom is 0.422 e. The first-order valence-electron chi connectivity index (χ1n) is 8.01. The van der Waals surface area contributed by atoms with E-state index in [1.165, 1.54) is 11.7 Å². The van der Waals surface area contributed by atoms with Crippen LogP contribution in [0.1, 0.15) is 55.2 Å². The first-order valence-corrected chi connectivity index (χ1v) is 8.01. The molecule has 0 unspecified atom stereocenters. The summed E-state index contributed by atoms with van der Waals surface area (Å²) in [7, 11) is 1.52. The number of aryl methyl sites for hydroxylation is 1. The van der Waals surface area contributed by atoms with E-state index in [-0.39, 0.29) is 24.6 Å². The molecule has 1 N–H and O–H groups in total. The lowest BCUT2D eigenvalue weighted by atomic mass is 9.73. The molecule has 25 heavy (non-hydrogen) atoms. The number of hydrogen-bond donors (Lipinski definition) is 1. The van der Waals surface area contributed by atoms with Crippen molar-refractivity contribution in [2.45, 2.75) is 56.0 Å². The summed E-state index contributed by atoms with van der Waals surface area (Å²) in [5.41, 5.74) is 1.16. The molecule has 1 aromatic rings. The van der Waals surface area contributed by atoms with Gasteiger partial charge in [0.05, 0.1) is 5.69 Å². The Balaban J connectivity index is 1.78. The number of halogens is 5.